The SMILES string of the molecule is Cc1cc(N2CC[C@](O)(CN(C)Cc3cccc(OCCN4CCCCC4)c3)C2)ncn1. The number of nitrogens with zero attached hydrogens (tertiary/aromatic N) is 5. The van der Waals surface area contributed by atoms with Crippen LogP contribution in [-0.2, 0) is 6.54 Å². The summed E-state index contributed by atoms with van der Waals surface area (Å²) in [6.45, 7) is 8.89. The Labute approximate surface area is 192 Å². The minimum absolute atomic E-state index is 0.591. The Balaban J connectivity index is 1.25. The Morgan fingerprint density at radius 1 is 1.12 bits per heavy atom. The fourth-order valence-corrected chi connectivity index (χ4v) is 4.87. The van der Waals surface area contributed by atoms with Crippen molar-refractivity contribution in [3.05, 3.63) is 47.9 Å². The van der Waals surface area contributed by atoms with Gasteiger partial charge in [0, 0.05) is 44.5 Å². The first-order valence-electron chi connectivity index (χ1n) is 11.9. The second-order valence-electron chi connectivity index (χ2n) is 9.48. The van der Waals surface area contributed by atoms with E-state index in [4.69, 9.17) is 4.74 Å². The molecule has 32 heavy (non-hydrogen) atoms. The van der Waals surface area contributed by atoms with Crippen molar-refractivity contribution in [3.8, 4) is 5.75 Å². The summed E-state index contributed by atoms with van der Waals surface area (Å²) in [7, 11) is 2.07. The summed E-state index contributed by atoms with van der Waals surface area (Å²) in [5, 5.41) is 11.2. The van der Waals surface area contributed by atoms with Crippen molar-refractivity contribution in [2.75, 3.05) is 57.8 Å². The van der Waals surface area contributed by atoms with Crippen molar-refractivity contribution in [1.82, 2.24) is 19.8 Å². The number of β-amino-alcohol motifs (C(OH)–C–C–N with tert-alkyl or cyclic N) is 1. The van der Waals surface area contributed by atoms with Crippen molar-refractivity contribution in [1.29, 1.82) is 0 Å². The number of anilines is 1. The van der Waals surface area contributed by atoms with Gasteiger partial charge in [0.1, 0.15) is 24.5 Å². The molecule has 0 amide bonds. The van der Waals surface area contributed by atoms with Crippen LogP contribution in [-0.4, -0.2) is 83.4 Å². The Bertz CT molecular complexity index is 873. The number of hydrogen-bond donors (Lipinski definition) is 1. The van der Waals surface area contributed by atoms with E-state index in [9.17, 15) is 5.11 Å². The van der Waals surface area contributed by atoms with Crippen molar-refractivity contribution >= 4 is 5.82 Å². The van der Waals surface area contributed by atoms with Crippen molar-refractivity contribution in [2.24, 2.45) is 0 Å². The van der Waals surface area contributed by atoms with Gasteiger partial charge in [-0.05, 0) is 64.0 Å². The highest BCUT2D eigenvalue weighted by Crippen LogP contribution is 2.27. The highest BCUT2D eigenvalue weighted by molar-refractivity contribution is 5.41. The van der Waals surface area contributed by atoms with Crippen LogP contribution < -0.4 is 9.64 Å². The average Bonchev–Trinajstić information content (AvgIpc) is 3.16. The zero-order valence-corrected chi connectivity index (χ0v) is 19.5. The molecular formula is C25H37N5O2. The van der Waals surface area contributed by atoms with E-state index in [1.165, 1.54) is 37.9 Å². The predicted molar refractivity (Wildman–Crippen MR) is 127 cm³/mol. The summed E-state index contributed by atoms with van der Waals surface area (Å²) in [6.07, 6.45) is 6.31. The number of aromatic nitrogens is 2. The molecule has 4 rings (SSSR count). The van der Waals surface area contributed by atoms with E-state index in [1.54, 1.807) is 6.33 Å². The molecule has 0 saturated carbocycles. The zero-order chi connectivity index (χ0) is 22.4. The molecule has 2 aliphatic heterocycles. The minimum Gasteiger partial charge on any atom is -0.492 e. The molecule has 1 aromatic heterocycles. The predicted octanol–water partition coefficient (Wildman–Crippen LogP) is 2.72. The number of rotatable bonds is 9. The Hall–Kier alpha value is -2.22. The van der Waals surface area contributed by atoms with Crippen molar-refractivity contribution in [3.63, 3.8) is 0 Å². The number of benzene rings is 1. The second-order valence-corrected chi connectivity index (χ2v) is 9.48. The first kappa shape index (κ1) is 23.0. The minimum atomic E-state index is -0.740. The number of piperidine rings is 1. The van der Waals surface area contributed by atoms with Gasteiger partial charge in [-0.1, -0.05) is 18.6 Å². The lowest BCUT2D eigenvalue weighted by Gasteiger charge is -2.29. The maximum absolute atomic E-state index is 11.2. The fraction of sp³-hybridized carbons (Fsp3) is 0.600. The molecule has 174 valence electrons. The number of likely N-dealkylation sites (N-methyl/N-ethyl adjacent to an activating group) is 1. The average molecular weight is 440 g/mol. The molecule has 1 atom stereocenters. The largest absolute Gasteiger partial charge is 0.492 e. The highest BCUT2D eigenvalue weighted by atomic mass is 16.5. The van der Waals surface area contributed by atoms with E-state index in [0.717, 1.165) is 49.9 Å². The highest BCUT2D eigenvalue weighted by Gasteiger charge is 2.37. The third-order valence-corrected chi connectivity index (χ3v) is 6.49. The number of aryl methyl sites for hydroxylation is 1. The number of likely N-dealkylation sites (tertiary alicyclic amines) is 1. The smallest absolute Gasteiger partial charge is 0.132 e. The van der Waals surface area contributed by atoms with Crippen LogP contribution in [0.2, 0.25) is 0 Å². The van der Waals surface area contributed by atoms with Gasteiger partial charge in [0.05, 0.1) is 5.60 Å². The standard InChI is InChI=1S/C25H37N5O2/c1-21-15-24(27-20-26-21)30-12-9-25(31,19-30)18-28(2)17-22-7-6-8-23(16-22)32-14-13-29-10-4-3-5-11-29/h6-8,15-16,20,31H,3-5,9-14,17-19H2,1-2H3/t25-/m0/s1. The van der Waals surface area contributed by atoms with Crippen molar-refractivity contribution < 1.29 is 9.84 Å². The Morgan fingerprint density at radius 3 is 2.78 bits per heavy atom. The van der Waals surface area contributed by atoms with E-state index in [2.05, 4.69) is 49.9 Å². The third-order valence-electron chi connectivity index (χ3n) is 6.49. The van der Waals surface area contributed by atoms with E-state index < -0.39 is 5.60 Å². The maximum atomic E-state index is 11.2. The molecule has 0 aliphatic carbocycles. The van der Waals surface area contributed by atoms with Gasteiger partial charge in [-0.15, -0.1) is 0 Å². The molecule has 0 unspecified atom stereocenters. The van der Waals surface area contributed by atoms with E-state index in [-0.39, 0.29) is 0 Å². The third kappa shape index (κ3) is 6.40. The molecule has 7 nitrogen and oxygen atoms in total. The lowest BCUT2D eigenvalue weighted by Crippen LogP contribution is -2.43. The van der Waals surface area contributed by atoms with Gasteiger partial charge >= 0.3 is 0 Å². The Kier molecular flexibility index (Phi) is 7.60. The summed E-state index contributed by atoms with van der Waals surface area (Å²) in [5.41, 5.74) is 1.41. The zero-order valence-electron chi connectivity index (χ0n) is 19.5. The van der Waals surface area contributed by atoms with Gasteiger partial charge < -0.3 is 14.7 Å². The number of ether oxygens (including phenoxy) is 1. The molecule has 2 saturated heterocycles. The normalized spacial score (nSPS) is 21.9. The van der Waals surface area contributed by atoms with Crippen molar-refractivity contribution in [2.45, 2.75) is 44.8 Å². The molecule has 1 aromatic carbocycles. The van der Waals surface area contributed by atoms with Crippen LogP contribution in [0, 0.1) is 6.92 Å². The van der Waals surface area contributed by atoms with Gasteiger partial charge in [0.25, 0.3) is 0 Å². The van der Waals surface area contributed by atoms with E-state index in [1.807, 2.05) is 19.1 Å². The van der Waals surface area contributed by atoms with Crippen LogP contribution in [0.1, 0.15) is 36.9 Å². The second kappa shape index (κ2) is 10.6. The van der Waals surface area contributed by atoms with Crippen LogP contribution in [0.15, 0.2) is 36.7 Å². The molecule has 0 bridgehead atoms. The van der Waals surface area contributed by atoms with Crippen LogP contribution >= 0.6 is 0 Å². The summed E-state index contributed by atoms with van der Waals surface area (Å²) in [6, 6.07) is 10.3. The van der Waals surface area contributed by atoms with Crippen LogP contribution in [0.25, 0.3) is 0 Å². The lowest BCUT2D eigenvalue weighted by atomic mass is 10.0. The van der Waals surface area contributed by atoms with Crippen LogP contribution in [0.3, 0.4) is 0 Å². The van der Waals surface area contributed by atoms with Gasteiger partial charge in [-0.25, -0.2) is 9.97 Å². The summed E-state index contributed by atoms with van der Waals surface area (Å²) in [5.74, 6) is 1.82. The molecule has 2 aliphatic rings. The molecule has 7 heteroatoms. The van der Waals surface area contributed by atoms with E-state index >= 15 is 0 Å². The summed E-state index contributed by atoms with van der Waals surface area (Å²) in [4.78, 5) is 15.4. The number of aliphatic hydroxyl groups is 1. The lowest BCUT2D eigenvalue weighted by molar-refractivity contribution is 0.0279. The molecule has 0 radical (unpaired) electrons. The molecule has 0 spiro atoms. The van der Waals surface area contributed by atoms with E-state index in [0.29, 0.717) is 13.1 Å². The van der Waals surface area contributed by atoms with Crippen LogP contribution in [0.4, 0.5) is 5.82 Å². The summed E-state index contributed by atoms with van der Waals surface area (Å²) < 4.78 is 6.03. The van der Waals surface area contributed by atoms with Gasteiger partial charge in [-0.2, -0.15) is 0 Å². The van der Waals surface area contributed by atoms with Gasteiger partial charge in [-0.3, -0.25) is 9.80 Å². The monoisotopic (exact) mass is 439 g/mol. The van der Waals surface area contributed by atoms with Gasteiger partial charge in [0.15, 0.2) is 0 Å². The fourth-order valence-electron chi connectivity index (χ4n) is 4.87. The molecule has 1 N–H and O–H groups in total. The maximum Gasteiger partial charge on any atom is 0.132 e. The molecular weight excluding hydrogens is 402 g/mol. The van der Waals surface area contributed by atoms with Gasteiger partial charge in [0.2, 0.25) is 0 Å². The first-order valence-corrected chi connectivity index (χ1v) is 11.9. The Morgan fingerprint density at radius 2 is 1.97 bits per heavy atom. The number of hydrogen-bond acceptors (Lipinski definition) is 7. The molecule has 3 heterocycles. The summed E-state index contributed by atoms with van der Waals surface area (Å²) >= 11 is 0. The van der Waals surface area contributed by atoms with Crippen LogP contribution in [0.5, 0.6) is 5.75 Å². The topological polar surface area (TPSA) is 65.0 Å². The molecule has 2 fully saturated rings. The quantitative estimate of drug-likeness (QED) is 0.644. The molecule has 2 aromatic rings. The first-order chi connectivity index (χ1) is 15.5.